The van der Waals surface area contributed by atoms with Crippen molar-refractivity contribution in [2.24, 2.45) is 5.41 Å². The van der Waals surface area contributed by atoms with E-state index < -0.39 is 5.41 Å². The van der Waals surface area contributed by atoms with Gasteiger partial charge in [-0.2, -0.15) is 5.26 Å². The lowest BCUT2D eigenvalue weighted by atomic mass is 9.69. The van der Waals surface area contributed by atoms with Gasteiger partial charge >= 0.3 is 0 Å². The number of amides is 1. The summed E-state index contributed by atoms with van der Waals surface area (Å²) in [4.78, 5) is 12.0. The maximum atomic E-state index is 12.0. The molecule has 0 aromatic heterocycles. The molecule has 3 nitrogen and oxygen atoms in total. The van der Waals surface area contributed by atoms with Gasteiger partial charge in [0.15, 0.2) is 0 Å². The molecule has 0 heterocycles. The Morgan fingerprint density at radius 1 is 1.53 bits per heavy atom. The van der Waals surface area contributed by atoms with Crippen molar-refractivity contribution in [1.82, 2.24) is 0 Å². The molecule has 0 atom stereocenters. The fraction of sp³-hybridized carbons (Fsp3) is 0.385. The van der Waals surface area contributed by atoms with Gasteiger partial charge in [-0.15, -0.1) is 0 Å². The van der Waals surface area contributed by atoms with E-state index in [0.29, 0.717) is 23.6 Å². The summed E-state index contributed by atoms with van der Waals surface area (Å²) in [5, 5.41) is 12.4. The molecule has 1 aromatic carbocycles. The molecule has 17 heavy (non-hydrogen) atoms. The van der Waals surface area contributed by atoms with Crippen LogP contribution >= 0.6 is 11.6 Å². The van der Waals surface area contributed by atoms with Crippen molar-refractivity contribution in [2.75, 3.05) is 5.32 Å². The van der Waals surface area contributed by atoms with Gasteiger partial charge in [0.25, 0.3) is 0 Å². The van der Waals surface area contributed by atoms with Gasteiger partial charge in [0.2, 0.25) is 5.91 Å². The van der Waals surface area contributed by atoms with E-state index in [2.05, 4.69) is 11.4 Å². The van der Waals surface area contributed by atoms with Gasteiger partial charge < -0.3 is 5.32 Å². The van der Waals surface area contributed by atoms with E-state index in [-0.39, 0.29) is 5.91 Å². The van der Waals surface area contributed by atoms with E-state index in [9.17, 15) is 4.79 Å². The number of nitrogens with zero attached hydrogens (tertiary/aromatic N) is 1. The Morgan fingerprint density at radius 2 is 2.24 bits per heavy atom. The number of hydrogen-bond donors (Lipinski definition) is 1. The molecule has 4 heteroatoms. The first-order valence-electron chi connectivity index (χ1n) is 5.56. The molecule has 0 saturated heterocycles. The summed E-state index contributed by atoms with van der Waals surface area (Å²) in [5.74, 6) is -0.211. The monoisotopic (exact) mass is 248 g/mol. The predicted octanol–water partition coefficient (Wildman–Crippen LogP) is 3.28. The summed E-state index contributed by atoms with van der Waals surface area (Å²) in [6.07, 6.45) is 2.24. The quantitative estimate of drug-likeness (QED) is 0.873. The first-order valence-corrected chi connectivity index (χ1v) is 5.94. The van der Waals surface area contributed by atoms with Gasteiger partial charge in [-0.1, -0.05) is 17.7 Å². The molecule has 0 aliphatic heterocycles. The highest BCUT2D eigenvalue weighted by molar-refractivity contribution is 6.31. The Labute approximate surface area is 105 Å². The van der Waals surface area contributed by atoms with Gasteiger partial charge in [0.05, 0.1) is 6.07 Å². The van der Waals surface area contributed by atoms with Crippen LogP contribution in [0.1, 0.15) is 24.8 Å². The summed E-state index contributed by atoms with van der Waals surface area (Å²) in [7, 11) is 0. The number of aryl methyl sites for hydroxylation is 1. The third-order valence-corrected chi connectivity index (χ3v) is 3.54. The lowest BCUT2D eigenvalue weighted by Gasteiger charge is -2.33. The summed E-state index contributed by atoms with van der Waals surface area (Å²) in [6.45, 7) is 1.89. The highest BCUT2D eigenvalue weighted by Crippen LogP contribution is 2.41. The van der Waals surface area contributed by atoms with Crippen LogP contribution in [-0.2, 0) is 4.79 Å². The third-order valence-electron chi connectivity index (χ3n) is 3.30. The zero-order chi connectivity index (χ0) is 12.5. The molecular formula is C13H13ClN2O. The molecule has 88 valence electrons. The second kappa shape index (κ2) is 4.38. The minimum atomic E-state index is -0.825. The van der Waals surface area contributed by atoms with Crippen molar-refractivity contribution in [3.05, 3.63) is 28.8 Å². The largest absolute Gasteiger partial charge is 0.324 e. The third kappa shape index (κ3) is 2.13. The molecule has 1 aliphatic rings. The van der Waals surface area contributed by atoms with Crippen molar-refractivity contribution in [3.8, 4) is 6.07 Å². The van der Waals surface area contributed by atoms with E-state index in [1.807, 2.05) is 13.0 Å². The molecule has 0 spiro atoms. The zero-order valence-corrected chi connectivity index (χ0v) is 10.3. The number of carbonyl (C=O) groups excluding carboxylic acids is 1. The number of anilines is 1. The molecule has 2 rings (SSSR count). The Kier molecular flexibility index (Phi) is 3.08. The number of nitriles is 1. The smallest absolute Gasteiger partial charge is 0.244 e. The summed E-state index contributed by atoms with van der Waals surface area (Å²) >= 11 is 5.88. The van der Waals surface area contributed by atoms with Crippen LogP contribution in [0.2, 0.25) is 5.02 Å². The van der Waals surface area contributed by atoms with Crippen LogP contribution in [0.25, 0.3) is 0 Å². The van der Waals surface area contributed by atoms with Crippen LogP contribution in [0, 0.1) is 23.7 Å². The molecule has 1 aromatic rings. The number of halogens is 1. The minimum absolute atomic E-state index is 0.211. The van der Waals surface area contributed by atoms with E-state index in [0.717, 1.165) is 12.0 Å². The lowest BCUT2D eigenvalue weighted by Crippen LogP contribution is -2.40. The number of hydrogen-bond acceptors (Lipinski definition) is 2. The normalized spacial score (nSPS) is 16.8. The number of benzene rings is 1. The highest BCUT2D eigenvalue weighted by Gasteiger charge is 2.44. The predicted molar refractivity (Wildman–Crippen MR) is 66.7 cm³/mol. The van der Waals surface area contributed by atoms with Gasteiger partial charge in [-0.25, -0.2) is 0 Å². The maximum absolute atomic E-state index is 12.0. The average Bonchev–Trinajstić information content (AvgIpc) is 2.23. The van der Waals surface area contributed by atoms with Crippen molar-refractivity contribution in [3.63, 3.8) is 0 Å². The summed E-state index contributed by atoms with van der Waals surface area (Å²) in [6, 6.07) is 7.45. The Morgan fingerprint density at radius 3 is 2.76 bits per heavy atom. The Bertz CT molecular complexity index is 501. The molecule has 1 fully saturated rings. The second-order valence-corrected chi connectivity index (χ2v) is 4.90. The van der Waals surface area contributed by atoms with Crippen LogP contribution in [0.5, 0.6) is 0 Å². The van der Waals surface area contributed by atoms with E-state index >= 15 is 0 Å². The topological polar surface area (TPSA) is 52.9 Å². The van der Waals surface area contributed by atoms with Crippen molar-refractivity contribution in [1.29, 1.82) is 5.26 Å². The van der Waals surface area contributed by atoms with Gasteiger partial charge in [-0.05, 0) is 43.9 Å². The second-order valence-electron chi connectivity index (χ2n) is 4.46. The van der Waals surface area contributed by atoms with Crippen molar-refractivity contribution >= 4 is 23.2 Å². The van der Waals surface area contributed by atoms with Crippen molar-refractivity contribution < 1.29 is 4.79 Å². The van der Waals surface area contributed by atoms with Crippen LogP contribution in [0.3, 0.4) is 0 Å². The molecule has 1 aliphatic carbocycles. The van der Waals surface area contributed by atoms with Gasteiger partial charge in [0.1, 0.15) is 5.41 Å². The molecule has 1 amide bonds. The molecule has 0 unspecified atom stereocenters. The van der Waals surface area contributed by atoms with Crippen LogP contribution < -0.4 is 5.32 Å². The first kappa shape index (κ1) is 11.9. The van der Waals surface area contributed by atoms with Crippen LogP contribution in [0.4, 0.5) is 5.69 Å². The SMILES string of the molecule is Cc1ccc(Cl)cc1NC(=O)C1(C#N)CCC1. The average molecular weight is 249 g/mol. The maximum Gasteiger partial charge on any atom is 0.244 e. The molecule has 0 bridgehead atoms. The standard InChI is InChI=1S/C13H13ClN2O/c1-9-3-4-10(14)7-11(9)16-12(17)13(8-15)5-2-6-13/h3-4,7H,2,5-6H2,1H3,(H,16,17). The number of nitrogens with one attached hydrogen (secondary N) is 1. The zero-order valence-electron chi connectivity index (χ0n) is 9.59. The number of rotatable bonds is 2. The molecular weight excluding hydrogens is 236 g/mol. The van der Waals surface area contributed by atoms with E-state index in [4.69, 9.17) is 16.9 Å². The summed E-state index contributed by atoms with van der Waals surface area (Å²) < 4.78 is 0. The highest BCUT2D eigenvalue weighted by atomic mass is 35.5. The molecule has 1 saturated carbocycles. The van der Waals surface area contributed by atoms with Crippen LogP contribution in [-0.4, -0.2) is 5.91 Å². The van der Waals surface area contributed by atoms with E-state index in [1.54, 1.807) is 12.1 Å². The van der Waals surface area contributed by atoms with Crippen LogP contribution in [0.15, 0.2) is 18.2 Å². The minimum Gasteiger partial charge on any atom is -0.324 e. The molecule has 1 N–H and O–H groups in total. The fourth-order valence-electron chi connectivity index (χ4n) is 1.89. The Balaban J connectivity index is 2.19. The summed E-state index contributed by atoms with van der Waals surface area (Å²) in [5.41, 5.74) is 0.800. The Hall–Kier alpha value is -1.53. The van der Waals surface area contributed by atoms with Crippen molar-refractivity contribution in [2.45, 2.75) is 26.2 Å². The lowest BCUT2D eigenvalue weighted by molar-refractivity contribution is -0.126. The van der Waals surface area contributed by atoms with Gasteiger partial charge in [0, 0.05) is 10.7 Å². The fourth-order valence-corrected chi connectivity index (χ4v) is 2.06. The number of carbonyl (C=O) groups is 1. The molecule has 0 radical (unpaired) electrons. The van der Waals surface area contributed by atoms with E-state index in [1.165, 1.54) is 0 Å². The first-order chi connectivity index (χ1) is 8.07. The van der Waals surface area contributed by atoms with Gasteiger partial charge in [-0.3, -0.25) is 4.79 Å².